The lowest BCUT2D eigenvalue weighted by Crippen LogP contribution is -2.59. The number of ether oxygens (including phenoxy) is 4. The molecule has 4 N–H and O–H groups in total. The Bertz CT molecular complexity index is 1080. The number of hydrogen-bond donors (Lipinski definition) is 4. The first-order valence-electron chi connectivity index (χ1n) is 24.6. The van der Waals surface area contributed by atoms with Crippen molar-refractivity contribution in [3.8, 4) is 0 Å². The Balaban J connectivity index is 2.27. The number of aliphatic hydroxyl groups excluding tert-OH is 4. The van der Waals surface area contributed by atoms with Gasteiger partial charge in [0.1, 0.15) is 31.0 Å². The second-order valence-corrected chi connectivity index (χ2v) is 16.9. The molecule has 2 unspecified atom stereocenters. The van der Waals surface area contributed by atoms with Gasteiger partial charge in [-0.3, -0.25) is 9.59 Å². The minimum absolute atomic E-state index is 0.212. The highest BCUT2D eigenvalue weighted by atomic mass is 16.7. The van der Waals surface area contributed by atoms with Crippen LogP contribution in [0.25, 0.3) is 0 Å². The van der Waals surface area contributed by atoms with Crippen molar-refractivity contribution in [2.24, 2.45) is 0 Å². The third kappa shape index (κ3) is 31.7. The standard InChI is InChI=1S/C50H90O10/c1-3-5-7-9-11-13-15-17-18-19-20-21-22-23-24-25-26-27-29-30-32-34-36-38-45(52)57-41-43(42-58-50-49(56)48(55)47(54)44(40-51)60-50)59-46(53)39-37-35-33-31-28-16-14-12-10-8-6-4-2/h12,14,25-26,30,32,43-44,47-51,54-56H,3-11,13,15-24,27-29,31,33-42H2,1-2H3/b14-12+,26-25+,32-30+/t43-,44-,47+,48?,49?,50-/m0/s1. The molecule has 350 valence electrons. The van der Waals surface area contributed by atoms with Gasteiger partial charge in [-0.15, -0.1) is 0 Å². The average Bonchev–Trinajstić information content (AvgIpc) is 3.25. The average molecular weight is 851 g/mol. The molecule has 0 radical (unpaired) electrons. The molecule has 0 aromatic carbocycles. The Kier molecular flexibility index (Phi) is 38.2. The van der Waals surface area contributed by atoms with Crippen molar-refractivity contribution < 1.29 is 49.0 Å². The lowest BCUT2D eigenvalue weighted by Gasteiger charge is -2.39. The lowest BCUT2D eigenvalue weighted by atomic mass is 9.99. The highest BCUT2D eigenvalue weighted by Crippen LogP contribution is 2.23. The molecule has 1 heterocycles. The van der Waals surface area contributed by atoms with E-state index >= 15 is 0 Å². The fraction of sp³-hybridized carbons (Fsp3) is 0.840. The quantitative estimate of drug-likeness (QED) is 0.0266. The van der Waals surface area contributed by atoms with Crippen molar-refractivity contribution in [3.63, 3.8) is 0 Å². The van der Waals surface area contributed by atoms with Crippen molar-refractivity contribution in [1.29, 1.82) is 0 Å². The number of allylic oxidation sites excluding steroid dienone is 6. The van der Waals surface area contributed by atoms with Gasteiger partial charge in [0.05, 0.1) is 13.2 Å². The zero-order valence-corrected chi connectivity index (χ0v) is 38.2. The number of hydrogen-bond acceptors (Lipinski definition) is 10. The predicted octanol–water partition coefficient (Wildman–Crippen LogP) is 11.1. The molecule has 1 rings (SSSR count). The molecule has 1 saturated heterocycles. The monoisotopic (exact) mass is 851 g/mol. The number of rotatable bonds is 41. The Morgan fingerprint density at radius 3 is 1.43 bits per heavy atom. The minimum Gasteiger partial charge on any atom is -0.462 e. The van der Waals surface area contributed by atoms with E-state index in [4.69, 9.17) is 18.9 Å². The molecule has 1 aliphatic rings. The van der Waals surface area contributed by atoms with E-state index in [2.05, 4.69) is 50.3 Å². The summed E-state index contributed by atoms with van der Waals surface area (Å²) < 4.78 is 22.1. The van der Waals surface area contributed by atoms with Crippen LogP contribution in [0, 0.1) is 0 Å². The summed E-state index contributed by atoms with van der Waals surface area (Å²) in [7, 11) is 0. The number of unbranched alkanes of at least 4 members (excludes halogenated alkanes) is 24. The third-order valence-corrected chi connectivity index (χ3v) is 11.2. The largest absolute Gasteiger partial charge is 0.462 e. The van der Waals surface area contributed by atoms with Gasteiger partial charge >= 0.3 is 11.9 Å². The smallest absolute Gasteiger partial charge is 0.306 e. The molecular formula is C50H90O10. The Labute approximate surface area is 366 Å². The normalized spacial score (nSPS) is 20.1. The zero-order valence-electron chi connectivity index (χ0n) is 38.2. The molecule has 1 fully saturated rings. The topological polar surface area (TPSA) is 152 Å². The molecule has 60 heavy (non-hydrogen) atoms. The summed E-state index contributed by atoms with van der Waals surface area (Å²) in [5.41, 5.74) is 0. The Morgan fingerprint density at radius 1 is 0.500 bits per heavy atom. The van der Waals surface area contributed by atoms with E-state index in [1.165, 1.54) is 109 Å². The third-order valence-electron chi connectivity index (χ3n) is 11.2. The fourth-order valence-electron chi connectivity index (χ4n) is 7.32. The zero-order chi connectivity index (χ0) is 43.7. The minimum atomic E-state index is -1.60. The van der Waals surface area contributed by atoms with Gasteiger partial charge < -0.3 is 39.4 Å². The molecule has 0 aliphatic carbocycles. The fourth-order valence-corrected chi connectivity index (χ4v) is 7.32. The van der Waals surface area contributed by atoms with Crippen LogP contribution in [0.3, 0.4) is 0 Å². The SMILES string of the molecule is CCCCC/C=C/CCCCCCCC(=O)O[C@@H](COC(=O)CCC/C=C/CC/C=C/CCCCCCCCCCCCCCCC)CO[C@H]1O[C@@H](CO)[C@@H](O)C(O)C1O. The first-order valence-corrected chi connectivity index (χ1v) is 24.6. The highest BCUT2D eigenvalue weighted by molar-refractivity contribution is 5.70. The van der Waals surface area contributed by atoms with E-state index in [9.17, 15) is 30.0 Å². The van der Waals surface area contributed by atoms with Gasteiger partial charge in [-0.05, 0) is 70.6 Å². The Hall–Kier alpha value is -2.08. The molecule has 1 aliphatic heterocycles. The van der Waals surface area contributed by atoms with Crippen molar-refractivity contribution >= 4 is 11.9 Å². The van der Waals surface area contributed by atoms with E-state index in [-0.39, 0.29) is 26.1 Å². The van der Waals surface area contributed by atoms with Gasteiger partial charge in [-0.1, -0.05) is 166 Å². The van der Waals surface area contributed by atoms with Crippen LogP contribution in [0.15, 0.2) is 36.5 Å². The maximum Gasteiger partial charge on any atom is 0.306 e. The summed E-state index contributed by atoms with van der Waals surface area (Å²) in [4.78, 5) is 25.3. The summed E-state index contributed by atoms with van der Waals surface area (Å²) in [5, 5.41) is 40.1. The summed E-state index contributed by atoms with van der Waals surface area (Å²) in [6.07, 6.45) is 40.3. The number of aliphatic hydroxyl groups is 4. The van der Waals surface area contributed by atoms with Crippen LogP contribution in [0.5, 0.6) is 0 Å². The summed E-state index contributed by atoms with van der Waals surface area (Å²) in [5.74, 6) is -0.863. The second kappa shape index (κ2) is 41.0. The molecule has 0 aromatic heterocycles. The number of esters is 2. The molecule has 0 amide bonds. The maximum atomic E-state index is 12.7. The van der Waals surface area contributed by atoms with Crippen molar-refractivity contribution in [3.05, 3.63) is 36.5 Å². The van der Waals surface area contributed by atoms with E-state index in [0.717, 1.165) is 64.2 Å². The van der Waals surface area contributed by atoms with Gasteiger partial charge in [0.25, 0.3) is 0 Å². The second-order valence-electron chi connectivity index (χ2n) is 16.9. The van der Waals surface area contributed by atoms with Gasteiger partial charge in [-0.2, -0.15) is 0 Å². The lowest BCUT2D eigenvalue weighted by molar-refractivity contribution is -0.305. The van der Waals surface area contributed by atoms with Crippen molar-refractivity contribution in [1.82, 2.24) is 0 Å². The van der Waals surface area contributed by atoms with Crippen LogP contribution in [0.1, 0.15) is 213 Å². The van der Waals surface area contributed by atoms with Crippen molar-refractivity contribution in [2.75, 3.05) is 19.8 Å². The molecule has 0 bridgehead atoms. The van der Waals surface area contributed by atoms with Crippen LogP contribution in [-0.2, 0) is 28.5 Å². The molecule has 6 atom stereocenters. The van der Waals surface area contributed by atoms with Crippen LogP contribution < -0.4 is 0 Å². The van der Waals surface area contributed by atoms with Gasteiger partial charge in [0, 0.05) is 12.8 Å². The van der Waals surface area contributed by atoms with E-state index in [1.54, 1.807) is 0 Å². The highest BCUT2D eigenvalue weighted by Gasteiger charge is 2.44. The maximum absolute atomic E-state index is 12.7. The van der Waals surface area contributed by atoms with Gasteiger partial charge in [0.2, 0.25) is 0 Å². The van der Waals surface area contributed by atoms with Crippen molar-refractivity contribution in [2.45, 2.75) is 250 Å². The molecule has 10 nitrogen and oxygen atoms in total. The van der Waals surface area contributed by atoms with Crippen LogP contribution >= 0.6 is 0 Å². The molecular weight excluding hydrogens is 761 g/mol. The molecule has 0 saturated carbocycles. The van der Waals surface area contributed by atoms with E-state index < -0.39 is 55.4 Å². The summed E-state index contributed by atoms with van der Waals surface area (Å²) in [6, 6.07) is 0. The first-order chi connectivity index (χ1) is 29.3. The molecule has 0 spiro atoms. The number of carbonyl (C=O) groups is 2. The Morgan fingerprint density at radius 2 is 0.917 bits per heavy atom. The van der Waals surface area contributed by atoms with Crippen LogP contribution in [0.4, 0.5) is 0 Å². The van der Waals surface area contributed by atoms with Crippen LogP contribution in [-0.4, -0.2) is 89.0 Å². The van der Waals surface area contributed by atoms with E-state index in [1.807, 2.05) is 0 Å². The summed E-state index contributed by atoms with van der Waals surface area (Å²) in [6.45, 7) is 3.37. The molecule has 0 aromatic rings. The van der Waals surface area contributed by atoms with Crippen LogP contribution in [0.2, 0.25) is 0 Å². The predicted molar refractivity (Wildman–Crippen MR) is 242 cm³/mol. The van der Waals surface area contributed by atoms with Gasteiger partial charge in [-0.25, -0.2) is 0 Å². The summed E-state index contributed by atoms with van der Waals surface area (Å²) >= 11 is 0. The van der Waals surface area contributed by atoms with E-state index in [0.29, 0.717) is 12.8 Å². The molecule has 10 heteroatoms. The first kappa shape index (κ1) is 55.9. The number of carbonyl (C=O) groups excluding carboxylic acids is 2. The van der Waals surface area contributed by atoms with Gasteiger partial charge in [0.15, 0.2) is 12.4 Å².